The van der Waals surface area contributed by atoms with Gasteiger partial charge in [0.15, 0.2) is 6.61 Å². The number of ether oxygens (including phenoxy) is 1. The molecule has 118 valence electrons. The third-order valence-electron chi connectivity index (χ3n) is 2.74. The minimum absolute atomic E-state index is 0.297. The van der Waals surface area contributed by atoms with Crippen molar-refractivity contribution >= 4 is 29.3 Å². The van der Waals surface area contributed by atoms with Crippen LogP contribution in [0.4, 0.5) is 5.69 Å². The monoisotopic (exact) mass is 320 g/mol. The van der Waals surface area contributed by atoms with Gasteiger partial charge in [0.2, 0.25) is 0 Å². The number of hydrogen-bond donors (Lipinski definition) is 1. The Kier molecular flexibility index (Phi) is 8.08. The van der Waals surface area contributed by atoms with E-state index in [4.69, 9.17) is 10.00 Å². The first-order valence-corrected chi connectivity index (χ1v) is 8.05. The van der Waals surface area contributed by atoms with Crippen LogP contribution in [0.1, 0.15) is 26.7 Å². The fourth-order valence-electron chi connectivity index (χ4n) is 1.62. The largest absolute Gasteiger partial charge is 0.456 e. The topological polar surface area (TPSA) is 79.2 Å². The molecular weight excluding hydrogens is 300 g/mol. The molecule has 0 aliphatic carbocycles. The van der Waals surface area contributed by atoms with Crippen molar-refractivity contribution in [3.63, 3.8) is 0 Å². The first-order chi connectivity index (χ1) is 10.5. The Labute approximate surface area is 135 Å². The number of nitrogens with one attached hydrogen (secondary N) is 1. The van der Waals surface area contributed by atoms with Crippen molar-refractivity contribution in [3.05, 3.63) is 24.3 Å². The molecule has 22 heavy (non-hydrogen) atoms. The van der Waals surface area contributed by atoms with E-state index in [1.54, 1.807) is 12.1 Å². The lowest BCUT2D eigenvalue weighted by Crippen LogP contribution is -2.21. The molecule has 1 aromatic rings. The quantitative estimate of drug-likeness (QED) is 0.587. The summed E-state index contributed by atoms with van der Waals surface area (Å²) in [6, 6.07) is 9.24. The molecule has 0 radical (unpaired) electrons. The number of anilines is 1. The van der Waals surface area contributed by atoms with Crippen LogP contribution in [-0.2, 0) is 14.3 Å². The van der Waals surface area contributed by atoms with Crippen LogP contribution >= 0.6 is 11.8 Å². The maximum atomic E-state index is 11.8. The Morgan fingerprint density at radius 3 is 2.77 bits per heavy atom. The van der Waals surface area contributed by atoms with Gasteiger partial charge in [0.1, 0.15) is 0 Å². The molecule has 1 N–H and O–H groups in total. The van der Waals surface area contributed by atoms with Gasteiger partial charge in [0, 0.05) is 11.3 Å². The Morgan fingerprint density at radius 2 is 2.09 bits per heavy atom. The number of nitriles is 1. The molecule has 5 nitrogen and oxygen atoms in total. The number of esters is 1. The highest BCUT2D eigenvalue weighted by atomic mass is 32.2. The van der Waals surface area contributed by atoms with Gasteiger partial charge >= 0.3 is 5.97 Å². The zero-order valence-electron chi connectivity index (χ0n) is 12.8. The van der Waals surface area contributed by atoms with Crippen molar-refractivity contribution in [1.82, 2.24) is 0 Å². The summed E-state index contributed by atoms with van der Waals surface area (Å²) in [5.41, 5.74) is 0.617. The number of carbonyl (C=O) groups excluding carboxylic acids is 2. The van der Waals surface area contributed by atoms with Crippen LogP contribution in [0, 0.1) is 17.2 Å². The van der Waals surface area contributed by atoms with Crippen LogP contribution in [0.15, 0.2) is 29.2 Å². The minimum atomic E-state index is -0.386. The van der Waals surface area contributed by atoms with Crippen LogP contribution in [0.3, 0.4) is 0 Å². The highest BCUT2D eigenvalue weighted by Crippen LogP contribution is 2.26. The SMILES string of the molecule is CC(C)CCC(=O)OCC(=O)Nc1ccccc1SCC#N. The minimum Gasteiger partial charge on any atom is -0.456 e. The summed E-state index contributed by atoms with van der Waals surface area (Å²) >= 11 is 1.34. The van der Waals surface area contributed by atoms with Crippen LogP contribution in [0.2, 0.25) is 0 Å². The van der Waals surface area contributed by atoms with Gasteiger partial charge in [-0.25, -0.2) is 0 Å². The Balaban J connectivity index is 2.45. The average molecular weight is 320 g/mol. The number of amides is 1. The van der Waals surface area contributed by atoms with Crippen molar-refractivity contribution in [2.45, 2.75) is 31.6 Å². The summed E-state index contributed by atoms with van der Waals surface area (Å²) in [7, 11) is 0. The van der Waals surface area contributed by atoms with Gasteiger partial charge < -0.3 is 10.1 Å². The van der Waals surface area contributed by atoms with E-state index in [-0.39, 0.29) is 18.5 Å². The Bertz CT molecular complexity index is 553. The Hall–Kier alpha value is -2.00. The maximum Gasteiger partial charge on any atom is 0.306 e. The van der Waals surface area contributed by atoms with Gasteiger partial charge in [-0.15, -0.1) is 11.8 Å². The molecule has 0 heterocycles. The second-order valence-electron chi connectivity index (χ2n) is 5.08. The van der Waals surface area contributed by atoms with E-state index in [2.05, 4.69) is 5.32 Å². The van der Waals surface area contributed by atoms with Crippen molar-refractivity contribution in [2.75, 3.05) is 17.7 Å². The first-order valence-electron chi connectivity index (χ1n) is 7.07. The fraction of sp³-hybridized carbons (Fsp3) is 0.438. The molecule has 0 aliphatic heterocycles. The van der Waals surface area contributed by atoms with Gasteiger partial charge in [0.05, 0.1) is 17.5 Å². The summed E-state index contributed by atoms with van der Waals surface area (Å²) in [4.78, 5) is 24.1. The molecule has 0 atom stereocenters. The predicted octanol–water partition coefficient (Wildman–Crippen LogP) is 3.22. The zero-order chi connectivity index (χ0) is 16.4. The maximum absolute atomic E-state index is 11.8. The lowest BCUT2D eigenvalue weighted by molar-refractivity contribution is -0.147. The molecule has 0 fully saturated rings. The van der Waals surface area contributed by atoms with E-state index < -0.39 is 0 Å². The van der Waals surface area contributed by atoms with Crippen LogP contribution in [-0.4, -0.2) is 24.2 Å². The van der Waals surface area contributed by atoms with E-state index in [1.165, 1.54) is 11.8 Å². The molecule has 6 heteroatoms. The second kappa shape index (κ2) is 9.85. The summed E-state index contributed by atoms with van der Waals surface area (Å²) < 4.78 is 4.94. The smallest absolute Gasteiger partial charge is 0.306 e. The lowest BCUT2D eigenvalue weighted by Gasteiger charge is -2.10. The summed E-state index contributed by atoms with van der Waals surface area (Å²) in [5.74, 6) is -0.0267. The van der Waals surface area contributed by atoms with Crippen molar-refractivity contribution < 1.29 is 14.3 Å². The van der Waals surface area contributed by atoms with Gasteiger partial charge in [-0.2, -0.15) is 5.26 Å². The lowest BCUT2D eigenvalue weighted by atomic mass is 10.1. The molecule has 0 saturated carbocycles. The van der Waals surface area contributed by atoms with Crippen LogP contribution < -0.4 is 5.32 Å². The summed E-state index contributed by atoms with van der Waals surface area (Å²) in [5, 5.41) is 11.3. The normalized spacial score (nSPS) is 10.1. The van der Waals surface area contributed by atoms with Crippen molar-refractivity contribution in [3.8, 4) is 6.07 Å². The molecular formula is C16H20N2O3S. The fourth-order valence-corrected chi connectivity index (χ4v) is 2.29. The molecule has 0 unspecified atom stereocenters. The zero-order valence-corrected chi connectivity index (χ0v) is 13.6. The third-order valence-corrected chi connectivity index (χ3v) is 3.68. The molecule has 0 aliphatic rings. The second-order valence-corrected chi connectivity index (χ2v) is 6.10. The molecule has 0 bridgehead atoms. The van der Waals surface area contributed by atoms with Gasteiger partial charge in [-0.1, -0.05) is 26.0 Å². The first kappa shape index (κ1) is 18.1. The molecule has 0 spiro atoms. The van der Waals surface area contributed by atoms with Crippen molar-refractivity contribution in [2.24, 2.45) is 5.92 Å². The third kappa shape index (κ3) is 7.14. The van der Waals surface area contributed by atoms with E-state index in [1.807, 2.05) is 32.0 Å². The molecule has 0 aromatic heterocycles. The van der Waals surface area contributed by atoms with E-state index in [0.717, 1.165) is 11.3 Å². The average Bonchev–Trinajstić information content (AvgIpc) is 2.50. The number of thioether (sulfide) groups is 1. The number of carbonyl (C=O) groups is 2. The molecule has 0 saturated heterocycles. The summed E-state index contributed by atoms with van der Waals surface area (Å²) in [6.45, 7) is 3.75. The van der Waals surface area contributed by atoms with Gasteiger partial charge in [0.25, 0.3) is 5.91 Å². The standard InChI is InChI=1S/C16H20N2O3S/c1-12(2)7-8-16(20)21-11-15(19)18-13-5-3-4-6-14(13)22-10-9-17/h3-6,12H,7-8,10-11H2,1-2H3,(H,18,19). The number of rotatable bonds is 8. The van der Waals surface area contributed by atoms with E-state index in [0.29, 0.717) is 23.8 Å². The highest BCUT2D eigenvalue weighted by Gasteiger charge is 2.10. The number of nitrogens with zero attached hydrogens (tertiary/aromatic N) is 1. The Morgan fingerprint density at radius 1 is 1.36 bits per heavy atom. The molecule has 1 amide bonds. The van der Waals surface area contributed by atoms with E-state index in [9.17, 15) is 9.59 Å². The van der Waals surface area contributed by atoms with E-state index >= 15 is 0 Å². The number of para-hydroxylation sites is 1. The summed E-state index contributed by atoms with van der Waals surface area (Å²) in [6.07, 6.45) is 1.06. The van der Waals surface area contributed by atoms with Crippen LogP contribution in [0.25, 0.3) is 0 Å². The van der Waals surface area contributed by atoms with Crippen molar-refractivity contribution in [1.29, 1.82) is 5.26 Å². The molecule has 1 rings (SSSR count). The van der Waals surface area contributed by atoms with Gasteiger partial charge in [-0.05, 0) is 24.5 Å². The van der Waals surface area contributed by atoms with Gasteiger partial charge in [-0.3, -0.25) is 9.59 Å². The molecule has 1 aromatic carbocycles. The predicted molar refractivity (Wildman–Crippen MR) is 86.4 cm³/mol. The van der Waals surface area contributed by atoms with Crippen LogP contribution in [0.5, 0.6) is 0 Å². The number of benzene rings is 1. The highest BCUT2D eigenvalue weighted by molar-refractivity contribution is 7.99. The number of hydrogen-bond acceptors (Lipinski definition) is 5.